The predicted octanol–water partition coefficient (Wildman–Crippen LogP) is 7.73. The first-order valence-corrected chi connectivity index (χ1v) is 22.9. The minimum Gasteiger partial charge on any atom is -0.520 e. The molecule has 48 heavy (non-hydrogen) atoms. The summed E-state index contributed by atoms with van der Waals surface area (Å²) in [6, 6.07) is 7.39. The molecule has 5 fully saturated rings. The number of nitrogens with zero attached hydrogens (tertiary/aromatic N) is 4. The number of likely N-dealkylation sites (tertiary alicyclic amines) is 1. The fraction of sp³-hybridized carbons (Fsp3) is 0.583. The van der Waals surface area contributed by atoms with Gasteiger partial charge in [-0.05, 0) is 72.5 Å². The van der Waals surface area contributed by atoms with Gasteiger partial charge >= 0.3 is 186 Å². The zero-order valence-electron chi connectivity index (χ0n) is 28.0. The van der Waals surface area contributed by atoms with Gasteiger partial charge in [0.2, 0.25) is 0 Å². The molecule has 0 aliphatic carbocycles. The normalized spacial score (nSPS) is 28.8. The van der Waals surface area contributed by atoms with Crippen LogP contribution in [0.4, 0.5) is 10.5 Å². The number of carbonyl (C=O) groups excluding carboxylic acids is 2. The quantitative estimate of drug-likeness (QED) is 0.176. The van der Waals surface area contributed by atoms with Gasteiger partial charge in [-0.25, -0.2) is 4.79 Å². The molecule has 7 heterocycles. The average molecular weight is 1140 g/mol. The van der Waals surface area contributed by atoms with Crippen molar-refractivity contribution in [3.05, 3.63) is 66.9 Å². The fourth-order valence-corrected chi connectivity index (χ4v) is 21.5. The number of carbonyl (C=O) groups is 1. The van der Waals surface area contributed by atoms with Gasteiger partial charge in [0.1, 0.15) is 0 Å². The van der Waals surface area contributed by atoms with Crippen LogP contribution in [0.3, 0.4) is 0 Å². The predicted molar refractivity (Wildman–Crippen MR) is 211 cm³/mol. The van der Waals surface area contributed by atoms with Crippen LogP contribution < -0.4 is 5.32 Å². The monoisotopic (exact) mass is 1140 g/mol. The Bertz CT molecular complexity index is 1470. The van der Waals surface area contributed by atoms with Crippen molar-refractivity contribution >= 4 is 83.5 Å². The van der Waals surface area contributed by atoms with Gasteiger partial charge in [0.05, 0.1) is 17.3 Å². The van der Waals surface area contributed by atoms with E-state index in [1.54, 1.807) is 29.1 Å². The molecule has 3 amide bonds. The average Bonchev–Trinajstić information content (AvgIpc) is 3.52. The number of piperidine rings is 1. The van der Waals surface area contributed by atoms with Crippen LogP contribution in [0, 0.1) is 48.0 Å². The van der Waals surface area contributed by atoms with E-state index < -0.39 is 19.8 Å². The summed E-state index contributed by atoms with van der Waals surface area (Å²) >= 11 is 9.81. The minimum absolute atomic E-state index is 0. The molecule has 12 heteroatoms. The van der Waals surface area contributed by atoms with E-state index in [1.807, 2.05) is 22.8 Å². The van der Waals surface area contributed by atoms with E-state index in [1.165, 1.54) is 55.5 Å². The largest absolute Gasteiger partial charge is 2.00 e. The molecule has 0 bridgehead atoms. The van der Waals surface area contributed by atoms with Crippen molar-refractivity contribution in [2.24, 2.45) is 0 Å². The van der Waals surface area contributed by atoms with Gasteiger partial charge in [-0.15, -0.1) is 11.3 Å². The molecule has 258 valence electrons. The third kappa shape index (κ3) is 7.78. The summed E-state index contributed by atoms with van der Waals surface area (Å²) in [4.78, 5) is 32.6. The third-order valence-corrected chi connectivity index (χ3v) is 23.8. The SMILES string of the molecule is C=C([CH-]Cc1cc(C)c(I)c(Cl)c1)N1CCN(C2CC3CC4(C)CC(C2)I34)CC1.O=[C-]N1CCC(N2Cc3sccc3NC2=O)CC1.[U+2]. The first-order valence-electron chi connectivity index (χ1n) is 17.0. The molecule has 2 atom stereocenters. The number of urea groups is 1. The number of amides is 3. The number of fused-ring (bicyclic) bond motifs is 1. The molecule has 0 saturated carbocycles. The van der Waals surface area contributed by atoms with Crippen LogP contribution in [0.2, 0.25) is 5.02 Å². The van der Waals surface area contributed by atoms with Crippen LogP contribution in [0.5, 0.6) is 0 Å². The Hall–Kier alpha value is -0.168. The van der Waals surface area contributed by atoms with Crippen LogP contribution >= 0.6 is 65.3 Å². The summed E-state index contributed by atoms with van der Waals surface area (Å²) < 4.78 is 4.48. The molecule has 0 radical (unpaired) electrons. The number of halogens is 3. The van der Waals surface area contributed by atoms with Gasteiger partial charge < -0.3 is 19.9 Å². The van der Waals surface area contributed by atoms with Crippen molar-refractivity contribution in [1.29, 1.82) is 0 Å². The number of benzene rings is 1. The summed E-state index contributed by atoms with van der Waals surface area (Å²) in [6.45, 7) is 15.9. The smallest absolute Gasteiger partial charge is 0.520 e. The van der Waals surface area contributed by atoms with Crippen molar-refractivity contribution in [2.75, 3.05) is 44.6 Å². The number of thiophene rings is 1. The van der Waals surface area contributed by atoms with Crippen LogP contribution in [0.25, 0.3) is 0 Å². The number of hydrogen-bond donors (Lipinski definition) is 1. The topological polar surface area (TPSA) is 59.1 Å². The zero-order valence-corrected chi connectivity index (χ0v) is 38.0. The van der Waals surface area contributed by atoms with Crippen LogP contribution in [0.1, 0.15) is 61.5 Å². The molecule has 1 N–H and O–H groups in total. The first-order chi connectivity index (χ1) is 22.6. The molecule has 7 nitrogen and oxygen atoms in total. The molecule has 1 aromatic heterocycles. The van der Waals surface area contributed by atoms with Crippen molar-refractivity contribution in [2.45, 2.75) is 88.7 Å². The number of hydrogen-bond acceptors (Lipinski definition) is 5. The van der Waals surface area contributed by atoms with Gasteiger partial charge in [0, 0.05) is 14.5 Å². The first kappa shape index (κ1) is 37.6. The van der Waals surface area contributed by atoms with Crippen LogP contribution in [0.15, 0.2) is 35.9 Å². The standard InChI is InChI=1S/C24H32ClI2N2.C12H14N3O2S.U/c1-16-10-18(11-22(25)23(16)26)5-4-17(2)28-6-8-29(9-7-28)21-12-19-14-24(3)15-20(13-21)27(19)24;16-8-14-4-1-9(2-5-14)15-7-11-10(3-6-18-11)13-12(15)17;/h4,10-11,19-21H,2,5-9,12-15H2,1,3H3;3,6,9H,1-2,4-5,7H2,(H,13,17);/q2*-1;+2. The molecule has 8 rings (SSSR count). The Kier molecular flexibility index (Phi) is 12.4. The van der Waals surface area contributed by atoms with E-state index in [0.29, 0.717) is 19.6 Å². The molecule has 6 aliphatic rings. The summed E-state index contributed by atoms with van der Waals surface area (Å²) in [5.41, 5.74) is 4.67. The maximum Gasteiger partial charge on any atom is 2.00 e. The van der Waals surface area contributed by atoms with Gasteiger partial charge in [0.25, 0.3) is 0 Å². The Balaban J connectivity index is 0.000000182. The Morgan fingerprint density at radius 2 is 1.83 bits per heavy atom. The summed E-state index contributed by atoms with van der Waals surface area (Å²) in [5, 5.41) is 5.78. The van der Waals surface area contributed by atoms with Gasteiger partial charge in [0.15, 0.2) is 0 Å². The molecular weight excluding hydrogens is 1090 g/mol. The summed E-state index contributed by atoms with van der Waals surface area (Å²) in [7, 11) is 0. The molecule has 0 spiro atoms. The molecule has 6 aliphatic heterocycles. The van der Waals surface area contributed by atoms with E-state index in [9.17, 15) is 9.59 Å². The summed E-state index contributed by atoms with van der Waals surface area (Å²) in [5.74, 6) is 0. The van der Waals surface area contributed by atoms with Gasteiger partial charge in [-0.3, -0.25) is 0 Å². The Morgan fingerprint density at radius 3 is 2.46 bits per heavy atom. The number of anilines is 1. The van der Waals surface area contributed by atoms with Gasteiger partial charge in [-0.1, -0.05) is 11.6 Å². The number of aryl methyl sites for hydroxylation is 1. The van der Waals surface area contributed by atoms with E-state index in [4.69, 9.17) is 11.6 Å². The molecule has 5 saturated heterocycles. The van der Waals surface area contributed by atoms with E-state index >= 15 is 0 Å². The zero-order chi connectivity index (χ0) is 32.9. The third-order valence-electron chi connectivity index (χ3n) is 11.2. The molecule has 1 aromatic carbocycles. The maximum atomic E-state index is 12.0. The number of alkyl halides is 3. The second-order valence-electron chi connectivity index (χ2n) is 14.2. The van der Waals surface area contributed by atoms with Crippen LogP contribution in [-0.4, -0.2) is 94.7 Å². The number of nitrogens with one attached hydrogen (secondary N) is 1. The number of rotatable bonds is 7. The number of piperazine rings is 1. The van der Waals surface area contributed by atoms with Crippen molar-refractivity contribution in [3.8, 4) is 0 Å². The fourth-order valence-electron chi connectivity index (χ4n) is 8.72. The van der Waals surface area contributed by atoms with Crippen LogP contribution in [-0.2, 0) is 17.8 Å². The molecule has 2 unspecified atom stereocenters. The second-order valence-corrected chi connectivity index (χ2v) is 24.8. The molecular formula is C36H46ClI2N5O2SU. The van der Waals surface area contributed by atoms with Crippen molar-refractivity contribution in [3.63, 3.8) is 0 Å². The van der Waals surface area contributed by atoms with Gasteiger partial charge in [-0.2, -0.15) is 6.41 Å². The van der Waals surface area contributed by atoms with Crippen molar-refractivity contribution in [1.82, 2.24) is 19.6 Å². The van der Waals surface area contributed by atoms with E-state index in [2.05, 4.69) is 76.7 Å². The minimum atomic E-state index is -0.543. The summed E-state index contributed by atoms with van der Waals surface area (Å²) in [6.07, 6.45) is 13.0. The molecule has 2 aromatic rings. The maximum absolute atomic E-state index is 12.0. The van der Waals surface area contributed by atoms with E-state index in [0.717, 1.165) is 56.1 Å². The van der Waals surface area contributed by atoms with Crippen molar-refractivity contribution < 1.29 is 40.7 Å². The Labute approximate surface area is 340 Å². The number of allylic oxidation sites excluding steroid dienone is 1. The Morgan fingerprint density at radius 1 is 1.15 bits per heavy atom. The van der Waals surface area contributed by atoms with E-state index in [-0.39, 0.29) is 43.2 Å². The second kappa shape index (κ2) is 15.8.